The fourth-order valence-electron chi connectivity index (χ4n) is 1.91. The fourth-order valence-corrected chi connectivity index (χ4v) is 2.30. The molecule has 0 aliphatic heterocycles. The van der Waals surface area contributed by atoms with Crippen molar-refractivity contribution in [1.82, 2.24) is 5.32 Å². The lowest BCUT2D eigenvalue weighted by atomic mass is 10.2. The molecule has 0 unspecified atom stereocenters. The average Bonchev–Trinajstić information content (AvgIpc) is 2.47. The van der Waals surface area contributed by atoms with E-state index in [0.29, 0.717) is 16.3 Å². The van der Waals surface area contributed by atoms with Crippen LogP contribution in [0.15, 0.2) is 42.5 Å². The minimum atomic E-state index is -0.385. The summed E-state index contributed by atoms with van der Waals surface area (Å²) in [6.45, 7) is 1.98. The van der Waals surface area contributed by atoms with E-state index in [1.54, 1.807) is 12.1 Å². The number of aryl methyl sites for hydroxylation is 1. The van der Waals surface area contributed by atoms with E-state index in [2.05, 4.69) is 10.6 Å². The lowest BCUT2D eigenvalue weighted by molar-refractivity contribution is 0.0975. The molecule has 4 nitrogen and oxygen atoms in total. The number of methoxy groups -OCH3 is 1. The molecule has 2 N–H and O–H groups in total. The van der Waals surface area contributed by atoms with Crippen molar-refractivity contribution >= 4 is 40.5 Å². The summed E-state index contributed by atoms with van der Waals surface area (Å²) >= 11 is 11.1. The van der Waals surface area contributed by atoms with Crippen LogP contribution in [-0.2, 0) is 0 Å². The van der Waals surface area contributed by atoms with Gasteiger partial charge in [-0.3, -0.25) is 10.1 Å². The van der Waals surface area contributed by atoms with Gasteiger partial charge in [-0.25, -0.2) is 0 Å². The number of carbonyl (C=O) groups is 1. The van der Waals surface area contributed by atoms with Crippen LogP contribution in [0.3, 0.4) is 0 Å². The van der Waals surface area contributed by atoms with Crippen LogP contribution in [0.5, 0.6) is 5.75 Å². The van der Waals surface area contributed by atoms with Crippen molar-refractivity contribution < 1.29 is 9.53 Å². The normalized spacial score (nSPS) is 9.95. The van der Waals surface area contributed by atoms with Crippen LogP contribution in [-0.4, -0.2) is 18.1 Å². The Bertz CT molecular complexity index is 719. The van der Waals surface area contributed by atoms with Crippen molar-refractivity contribution in [1.29, 1.82) is 0 Å². The van der Waals surface area contributed by atoms with Crippen molar-refractivity contribution in [3.63, 3.8) is 0 Å². The van der Waals surface area contributed by atoms with E-state index in [0.717, 1.165) is 11.3 Å². The number of amides is 1. The van der Waals surface area contributed by atoms with E-state index in [-0.39, 0.29) is 11.0 Å². The van der Waals surface area contributed by atoms with Crippen LogP contribution in [0, 0.1) is 6.92 Å². The molecule has 0 fully saturated rings. The molecule has 114 valence electrons. The maximum absolute atomic E-state index is 12.3. The predicted molar refractivity (Wildman–Crippen MR) is 92.9 cm³/mol. The van der Waals surface area contributed by atoms with Gasteiger partial charge in [-0.2, -0.15) is 0 Å². The summed E-state index contributed by atoms with van der Waals surface area (Å²) in [4.78, 5) is 12.3. The fraction of sp³-hybridized carbons (Fsp3) is 0.125. The Balaban J connectivity index is 2.08. The molecule has 1 amide bonds. The summed E-state index contributed by atoms with van der Waals surface area (Å²) in [5, 5.41) is 6.22. The zero-order chi connectivity index (χ0) is 16.1. The van der Waals surface area contributed by atoms with Crippen molar-refractivity contribution in [2.24, 2.45) is 0 Å². The number of hydrogen-bond acceptors (Lipinski definition) is 3. The van der Waals surface area contributed by atoms with Crippen LogP contribution in [0.25, 0.3) is 0 Å². The van der Waals surface area contributed by atoms with E-state index in [1.807, 2.05) is 31.2 Å². The van der Waals surface area contributed by atoms with Gasteiger partial charge < -0.3 is 10.1 Å². The first-order chi connectivity index (χ1) is 10.5. The van der Waals surface area contributed by atoms with E-state index in [9.17, 15) is 4.79 Å². The van der Waals surface area contributed by atoms with Crippen LogP contribution < -0.4 is 15.4 Å². The van der Waals surface area contributed by atoms with Crippen LogP contribution >= 0.6 is 23.8 Å². The molecule has 0 spiro atoms. The second kappa shape index (κ2) is 7.24. The number of ether oxygens (including phenoxy) is 1. The first kappa shape index (κ1) is 16.3. The Kier molecular flexibility index (Phi) is 5.35. The lowest BCUT2D eigenvalue weighted by Crippen LogP contribution is -2.34. The second-order valence-corrected chi connectivity index (χ2v) is 5.47. The third-order valence-corrected chi connectivity index (χ3v) is 3.35. The summed E-state index contributed by atoms with van der Waals surface area (Å²) in [6.07, 6.45) is 0. The molecule has 0 atom stereocenters. The average molecular weight is 335 g/mol. The number of rotatable bonds is 3. The summed E-state index contributed by atoms with van der Waals surface area (Å²) in [6, 6.07) is 12.5. The third-order valence-electron chi connectivity index (χ3n) is 2.91. The van der Waals surface area contributed by atoms with Crippen LogP contribution in [0.1, 0.15) is 15.9 Å². The summed E-state index contributed by atoms with van der Waals surface area (Å²) < 4.78 is 5.15. The predicted octanol–water partition coefficient (Wildman–Crippen LogP) is 3.78. The maximum Gasteiger partial charge on any atom is 0.261 e. The molecule has 0 aliphatic carbocycles. The van der Waals surface area contributed by atoms with E-state index in [1.165, 1.54) is 13.2 Å². The number of nitrogens with one attached hydrogen (secondary N) is 2. The van der Waals surface area contributed by atoms with Crippen molar-refractivity contribution in [3.05, 3.63) is 58.6 Å². The minimum Gasteiger partial charge on any atom is -0.496 e. The highest BCUT2D eigenvalue weighted by molar-refractivity contribution is 7.80. The van der Waals surface area contributed by atoms with Gasteiger partial charge in [0, 0.05) is 10.7 Å². The molecule has 0 saturated carbocycles. The molecule has 0 aliphatic rings. The van der Waals surface area contributed by atoms with E-state index >= 15 is 0 Å². The smallest absolute Gasteiger partial charge is 0.261 e. The molecule has 2 aromatic rings. The van der Waals surface area contributed by atoms with E-state index in [4.69, 9.17) is 28.6 Å². The molecule has 22 heavy (non-hydrogen) atoms. The first-order valence-corrected chi connectivity index (χ1v) is 7.31. The molecule has 2 aromatic carbocycles. The van der Waals surface area contributed by atoms with Crippen molar-refractivity contribution in [3.8, 4) is 5.75 Å². The Morgan fingerprint density at radius 3 is 2.68 bits per heavy atom. The summed E-state index contributed by atoms with van der Waals surface area (Å²) in [5.74, 6) is 0.0461. The van der Waals surface area contributed by atoms with Gasteiger partial charge in [-0.1, -0.05) is 23.7 Å². The highest BCUT2D eigenvalue weighted by Gasteiger charge is 2.14. The molecule has 0 aromatic heterocycles. The molecule has 0 bridgehead atoms. The molecular formula is C16H15ClN2O2S. The van der Waals surface area contributed by atoms with Crippen molar-refractivity contribution in [2.45, 2.75) is 6.92 Å². The topological polar surface area (TPSA) is 50.4 Å². The lowest BCUT2D eigenvalue weighted by Gasteiger charge is -2.12. The summed E-state index contributed by atoms with van der Waals surface area (Å²) in [5.41, 5.74) is 2.22. The zero-order valence-corrected chi connectivity index (χ0v) is 13.7. The Morgan fingerprint density at radius 1 is 1.23 bits per heavy atom. The van der Waals surface area contributed by atoms with Crippen LogP contribution in [0.2, 0.25) is 5.02 Å². The number of carbonyl (C=O) groups excluding carboxylic acids is 1. The van der Waals surface area contributed by atoms with Gasteiger partial charge >= 0.3 is 0 Å². The zero-order valence-electron chi connectivity index (χ0n) is 12.1. The molecule has 6 heteroatoms. The number of anilines is 1. The Morgan fingerprint density at radius 2 is 2.00 bits per heavy atom. The second-order valence-electron chi connectivity index (χ2n) is 4.62. The highest BCUT2D eigenvalue weighted by Crippen LogP contribution is 2.22. The standard InChI is InChI=1S/C16H15ClN2O2S/c1-10-4-3-5-12(8-10)18-16(22)19-15(20)13-9-11(17)6-7-14(13)21-2/h3-9H,1-2H3,(H2,18,19,20,22). The molecule has 0 heterocycles. The van der Waals surface area contributed by atoms with Gasteiger partial charge in [-0.15, -0.1) is 0 Å². The SMILES string of the molecule is COc1ccc(Cl)cc1C(=O)NC(=S)Nc1cccc(C)c1. The van der Waals surface area contributed by atoms with Gasteiger partial charge in [0.25, 0.3) is 5.91 Å². The molecule has 2 rings (SSSR count). The quantitative estimate of drug-likeness (QED) is 0.839. The van der Waals surface area contributed by atoms with Gasteiger partial charge in [0.1, 0.15) is 5.75 Å². The van der Waals surface area contributed by atoms with Gasteiger partial charge in [0.2, 0.25) is 0 Å². The Hall–Kier alpha value is -2.11. The molecule has 0 radical (unpaired) electrons. The number of thiocarbonyl (C=S) groups is 1. The Labute approximate surface area is 139 Å². The van der Waals surface area contributed by atoms with Crippen molar-refractivity contribution in [2.75, 3.05) is 12.4 Å². The first-order valence-electron chi connectivity index (χ1n) is 6.52. The number of halogens is 1. The van der Waals surface area contributed by atoms with Gasteiger partial charge in [0.15, 0.2) is 5.11 Å². The molecular weight excluding hydrogens is 320 g/mol. The highest BCUT2D eigenvalue weighted by atomic mass is 35.5. The minimum absolute atomic E-state index is 0.206. The number of hydrogen-bond donors (Lipinski definition) is 2. The third kappa shape index (κ3) is 4.19. The summed E-state index contributed by atoms with van der Waals surface area (Å²) in [7, 11) is 1.49. The van der Waals surface area contributed by atoms with Gasteiger partial charge in [-0.05, 0) is 55.0 Å². The van der Waals surface area contributed by atoms with Crippen LogP contribution in [0.4, 0.5) is 5.69 Å². The largest absolute Gasteiger partial charge is 0.496 e. The molecule has 0 saturated heterocycles. The van der Waals surface area contributed by atoms with E-state index < -0.39 is 0 Å². The number of benzene rings is 2. The van der Waals surface area contributed by atoms with Gasteiger partial charge in [0.05, 0.1) is 12.7 Å². The maximum atomic E-state index is 12.3. The monoisotopic (exact) mass is 334 g/mol.